The number of sulfonamides is 1. The molecule has 3 heterocycles. The zero-order chi connectivity index (χ0) is 17.7. The first-order valence-electron chi connectivity index (χ1n) is 8.28. The van der Waals surface area contributed by atoms with Gasteiger partial charge in [-0.1, -0.05) is 12.1 Å². The monoisotopic (exact) mass is 379 g/mol. The topological polar surface area (TPSA) is 79.4 Å². The van der Waals surface area contributed by atoms with Gasteiger partial charge in [0.15, 0.2) is 0 Å². The molecule has 25 heavy (non-hydrogen) atoms. The first-order valence-corrected chi connectivity index (χ1v) is 10.6. The second kappa shape index (κ2) is 8.07. The summed E-state index contributed by atoms with van der Waals surface area (Å²) in [5.41, 5.74) is 0.924. The minimum absolute atomic E-state index is 0.0815. The van der Waals surface area contributed by atoms with Crippen LogP contribution in [0.1, 0.15) is 18.5 Å². The van der Waals surface area contributed by atoms with Crippen molar-refractivity contribution in [3.63, 3.8) is 0 Å². The smallest absolute Gasteiger partial charge is 0.252 e. The maximum absolute atomic E-state index is 12.6. The number of hydrogen-bond acceptors (Lipinski definition) is 5. The van der Waals surface area contributed by atoms with Gasteiger partial charge in [-0.05, 0) is 36.4 Å². The van der Waals surface area contributed by atoms with Gasteiger partial charge in [0.2, 0.25) is 5.91 Å². The summed E-state index contributed by atoms with van der Waals surface area (Å²) in [6, 6.07) is 9.02. The number of aromatic nitrogens is 1. The van der Waals surface area contributed by atoms with Crippen LogP contribution in [0.15, 0.2) is 46.1 Å². The van der Waals surface area contributed by atoms with E-state index in [1.807, 2.05) is 18.2 Å². The summed E-state index contributed by atoms with van der Waals surface area (Å²) in [6.45, 7) is 1.22. The molecule has 6 nitrogen and oxygen atoms in total. The zero-order valence-corrected chi connectivity index (χ0v) is 15.4. The zero-order valence-electron chi connectivity index (χ0n) is 13.8. The molecule has 1 aliphatic heterocycles. The van der Waals surface area contributed by atoms with Crippen LogP contribution in [0.25, 0.3) is 0 Å². The molecule has 1 atom stereocenters. The summed E-state index contributed by atoms with van der Waals surface area (Å²) in [4.78, 5) is 16.6. The van der Waals surface area contributed by atoms with Crippen molar-refractivity contribution in [2.24, 2.45) is 5.92 Å². The van der Waals surface area contributed by atoms with Crippen molar-refractivity contribution >= 4 is 27.3 Å². The van der Waals surface area contributed by atoms with E-state index in [1.54, 1.807) is 23.7 Å². The van der Waals surface area contributed by atoms with Gasteiger partial charge in [-0.25, -0.2) is 8.42 Å². The van der Waals surface area contributed by atoms with Gasteiger partial charge in [0, 0.05) is 37.9 Å². The van der Waals surface area contributed by atoms with E-state index in [-0.39, 0.29) is 18.4 Å². The molecule has 1 aliphatic rings. The Kier molecular flexibility index (Phi) is 5.82. The van der Waals surface area contributed by atoms with Crippen molar-refractivity contribution in [3.05, 3.63) is 47.6 Å². The molecule has 1 saturated heterocycles. The Balaban J connectivity index is 1.55. The number of piperidine rings is 1. The summed E-state index contributed by atoms with van der Waals surface area (Å²) in [6.07, 6.45) is 3.80. The van der Waals surface area contributed by atoms with Crippen LogP contribution >= 0.6 is 11.3 Å². The van der Waals surface area contributed by atoms with E-state index >= 15 is 0 Å². The molecule has 0 aromatic carbocycles. The van der Waals surface area contributed by atoms with Crippen LogP contribution in [0.4, 0.5) is 0 Å². The van der Waals surface area contributed by atoms with Crippen molar-refractivity contribution in [1.82, 2.24) is 14.6 Å². The molecule has 1 amide bonds. The number of pyridine rings is 1. The summed E-state index contributed by atoms with van der Waals surface area (Å²) >= 11 is 1.21. The van der Waals surface area contributed by atoms with E-state index in [4.69, 9.17) is 0 Å². The molecule has 0 unspecified atom stereocenters. The third kappa shape index (κ3) is 4.45. The van der Waals surface area contributed by atoms with Crippen molar-refractivity contribution in [1.29, 1.82) is 0 Å². The molecule has 1 N–H and O–H groups in total. The van der Waals surface area contributed by atoms with Crippen molar-refractivity contribution < 1.29 is 13.2 Å². The first-order chi connectivity index (χ1) is 12.1. The number of amides is 1. The summed E-state index contributed by atoms with van der Waals surface area (Å²) in [7, 11) is -3.49. The van der Waals surface area contributed by atoms with Crippen LogP contribution in [0.5, 0.6) is 0 Å². The molecule has 0 radical (unpaired) electrons. The molecule has 2 aromatic heterocycles. The largest absolute Gasteiger partial charge is 0.355 e. The molecule has 0 aliphatic carbocycles. The SMILES string of the molecule is O=C(NCCc1ccccn1)[C@H]1CCCN(S(=O)(=O)c2cccs2)C1. The Morgan fingerprint density at radius 3 is 2.92 bits per heavy atom. The summed E-state index contributed by atoms with van der Waals surface area (Å²) in [5, 5.41) is 4.66. The van der Waals surface area contributed by atoms with Crippen LogP contribution in [-0.4, -0.2) is 43.2 Å². The van der Waals surface area contributed by atoms with Gasteiger partial charge in [0.25, 0.3) is 10.0 Å². The van der Waals surface area contributed by atoms with Crippen LogP contribution in [0.3, 0.4) is 0 Å². The molecular formula is C17H21N3O3S2. The number of rotatable bonds is 6. The van der Waals surface area contributed by atoms with Gasteiger partial charge in [-0.3, -0.25) is 9.78 Å². The Morgan fingerprint density at radius 1 is 1.32 bits per heavy atom. The molecule has 0 bridgehead atoms. The van der Waals surface area contributed by atoms with Crippen LogP contribution < -0.4 is 5.32 Å². The predicted octanol–water partition coefficient (Wildman–Crippen LogP) is 1.90. The average Bonchev–Trinajstić information content (AvgIpc) is 3.18. The lowest BCUT2D eigenvalue weighted by Gasteiger charge is -2.30. The highest BCUT2D eigenvalue weighted by Gasteiger charge is 2.33. The highest BCUT2D eigenvalue weighted by molar-refractivity contribution is 7.91. The Bertz CT molecular complexity index is 792. The normalized spacial score (nSPS) is 18.8. The lowest BCUT2D eigenvalue weighted by molar-refractivity contribution is -0.126. The quantitative estimate of drug-likeness (QED) is 0.831. The fourth-order valence-corrected chi connectivity index (χ4v) is 5.58. The lowest BCUT2D eigenvalue weighted by atomic mass is 9.99. The Hall–Kier alpha value is -1.77. The van der Waals surface area contributed by atoms with Crippen molar-refractivity contribution in [2.75, 3.05) is 19.6 Å². The highest BCUT2D eigenvalue weighted by Crippen LogP contribution is 2.26. The Labute approximate surface area is 151 Å². The van der Waals surface area contributed by atoms with Gasteiger partial charge < -0.3 is 5.32 Å². The van der Waals surface area contributed by atoms with Gasteiger partial charge in [0.05, 0.1) is 5.92 Å². The minimum Gasteiger partial charge on any atom is -0.355 e. The summed E-state index contributed by atoms with van der Waals surface area (Å²) < 4.78 is 27.0. The average molecular weight is 380 g/mol. The highest BCUT2D eigenvalue weighted by atomic mass is 32.2. The summed E-state index contributed by atoms with van der Waals surface area (Å²) in [5.74, 6) is -0.380. The third-order valence-corrected chi connectivity index (χ3v) is 7.49. The third-order valence-electron chi connectivity index (χ3n) is 4.25. The van der Waals surface area contributed by atoms with E-state index < -0.39 is 10.0 Å². The number of nitrogens with one attached hydrogen (secondary N) is 1. The van der Waals surface area contributed by atoms with E-state index in [0.29, 0.717) is 36.6 Å². The van der Waals surface area contributed by atoms with Gasteiger partial charge in [0.1, 0.15) is 4.21 Å². The van der Waals surface area contributed by atoms with Gasteiger partial charge in [-0.15, -0.1) is 11.3 Å². The molecule has 0 saturated carbocycles. The molecule has 8 heteroatoms. The number of nitrogens with zero attached hydrogens (tertiary/aromatic N) is 2. The molecule has 134 valence electrons. The van der Waals surface area contributed by atoms with E-state index in [1.165, 1.54) is 15.6 Å². The van der Waals surface area contributed by atoms with Crippen LogP contribution in [0, 0.1) is 5.92 Å². The van der Waals surface area contributed by atoms with E-state index in [0.717, 1.165) is 5.69 Å². The Morgan fingerprint density at radius 2 is 2.20 bits per heavy atom. The molecule has 0 spiro atoms. The molecular weight excluding hydrogens is 358 g/mol. The molecule has 1 fully saturated rings. The second-order valence-electron chi connectivity index (χ2n) is 6.00. The number of carbonyl (C=O) groups excluding carboxylic acids is 1. The fourth-order valence-electron chi connectivity index (χ4n) is 2.92. The van der Waals surface area contributed by atoms with E-state index in [2.05, 4.69) is 10.3 Å². The predicted molar refractivity (Wildman–Crippen MR) is 96.8 cm³/mol. The maximum atomic E-state index is 12.6. The van der Waals surface area contributed by atoms with Gasteiger partial charge >= 0.3 is 0 Å². The molecule has 2 aromatic rings. The number of hydrogen-bond donors (Lipinski definition) is 1. The number of thiophene rings is 1. The standard InChI is InChI=1S/C17H21N3O3S2/c21-17(19-10-8-15-6-1-2-9-18-15)14-5-3-11-20(13-14)25(22,23)16-7-4-12-24-16/h1-2,4,6-7,9,12,14H,3,5,8,10-11,13H2,(H,19,21)/t14-/m0/s1. The maximum Gasteiger partial charge on any atom is 0.252 e. The van der Waals surface area contributed by atoms with Gasteiger partial charge in [-0.2, -0.15) is 4.31 Å². The number of carbonyl (C=O) groups is 1. The van der Waals surface area contributed by atoms with Crippen LogP contribution in [0.2, 0.25) is 0 Å². The second-order valence-corrected chi connectivity index (χ2v) is 9.11. The van der Waals surface area contributed by atoms with E-state index in [9.17, 15) is 13.2 Å². The minimum atomic E-state index is -3.49. The first kappa shape index (κ1) is 18.0. The fraction of sp³-hybridized carbons (Fsp3) is 0.412. The van der Waals surface area contributed by atoms with Crippen LogP contribution in [-0.2, 0) is 21.2 Å². The lowest BCUT2D eigenvalue weighted by Crippen LogP contribution is -2.45. The van der Waals surface area contributed by atoms with Crippen molar-refractivity contribution in [2.45, 2.75) is 23.5 Å². The van der Waals surface area contributed by atoms with Crippen molar-refractivity contribution in [3.8, 4) is 0 Å². The molecule has 3 rings (SSSR count).